The topological polar surface area (TPSA) is 81.2 Å². The lowest BCUT2D eigenvalue weighted by Gasteiger charge is -2.34. The first kappa shape index (κ1) is 15.3. The van der Waals surface area contributed by atoms with Gasteiger partial charge in [0.15, 0.2) is 5.82 Å². The fraction of sp³-hybridized carbons (Fsp3) is 0.769. The molecule has 0 aliphatic carbocycles. The molecule has 0 radical (unpaired) electrons. The summed E-state index contributed by atoms with van der Waals surface area (Å²) < 4.78 is 29.0. The predicted octanol–water partition coefficient (Wildman–Crippen LogP) is 1.65. The third-order valence-corrected chi connectivity index (χ3v) is 6.18. The van der Waals surface area contributed by atoms with Crippen molar-refractivity contribution in [3.8, 4) is 0 Å². The van der Waals surface area contributed by atoms with Crippen LogP contribution < -0.4 is 5.73 Å². The van der Waals surface area contributed by atoms with Gasteiger partial charge in [0.25, 0.3) is 0 Å². The van der Waals surface area contributed by atoms with Gasteiger partial charge in [-0.1, -0.05) is 19.8 Å². The molecule has 1 aliphatic rings. The number of piperidine rings is 1. The summed E-state index contributed by atoms with van der Waals surface area (Å²) in [5, 5.41) is 4.03. The van der Waals surface area contributed by atoms with E-state index in [2.05, 4.69) is 12.0 Å². The zero-order valence-corrected chi connectivity index (χ0v) is 13.3. The van der Waals surface area contributed by atoms with Gasteiger partial charge >= 0.3 is 0 Å². The second-order valence-electron chi connectivity index (χ2n) is 5.48. The van der Waals surface area contributed by atoms with E-state index in [-0.39, 0.29) is 16.8 Å². The van der Waals surface area contributed by atoms with Crippen LogP contribution in [0.15, 0.2) is 4.90 Å². The molecule has 2 N–H and O–H groups in total. The predicted molar refractivity (Wildman–Crippen MR) is 78.8 cm³/mol. The number of nitrogens with two attached hydrogens (primary N) is 1. The Bertz CT molecular complexity index is 577. The highest BCUT2D eigenvalue weighted by Crippen LogP contribution is 2.31. The molecule has 2 heterocycles. The van der Waals surface area contributed by atoms with Gasteiger partial charge in [-0.2, -0.15) is 9.40 Å². The summed E-state index contributed by atoms with van der Waals surface area (Å²) in [6.45, 7) is 4.42. The van der Waals surface area contributed by atoms with E-state index < -0.39 is 10.0 Å². The van der Waals surface area contributed by atoms with Crippen LogP contribution in [0, 0.1) is 6.92 Å². The summed E-state index contributed by atoms with van der Waals surface area (Å²) >= 11 is 0. The first-order valence-corrected chi connectivity index (χ1v) is 8.64. The van der Waals surface area contributed by atoms with Crippen LogP contribution in [-0.4, -0.2) is 35.1 Å². The number of sulfonamides is 1. The Morgan fingerprint density at radius 1 is 1.40 bits per heavy atom. The van der Waals surface area contributed by atoms with Gasteiger partial charge < -0.3 is 5.73 Å². The lowest BCUT2D eigenvalue weighted by atomic mass is 10.0. The molecule has 6 nitrogen and oxygen atoms in total. The fourth-order valence-electron chi connectivity index (χ4n) is 2.96. The van der Waals surface area contributed by atoms with E-state index in [1.165, 1.54) is 4.68 Å². The average Bonchev–Trinajstić information content (AvgIpc) is 2.64. The molecule has 0 saturated carbocycles. The summed E-state index contributed by atoms with van der Waals surface area (Å²) in [4.78, 5) is 0.183. The maximum Gasteiger partial charge on any atom is 0.248 e. The van der Waals surface area contributed by atoms with Crippen molar-refractivity contribution < 1.29 is 8.42 Å². The van der Waals surface area contributed by atoms with Gasteiger partial charge in [-0.25, -0.2) is 8.42 Å². The van der Waals surface area contributed by atoms with Crippen molar-refractivity contribution in [3.05, 3.63) is 5.69 Å². The normalized spacial score (nSPS) is 21.2. The molecule has 1 aromatic rings. The van der Waals surface area contributed by atoms with Crippen molar-refractivity contribution >= 4 is 15.8 Å². The molecular weight excluding hydrogens is 276 g/mol. The zero-order valence-electron chi connectivity index (χ0n) is 12.5. The third kappa shape index (κ3) is 2.56. The minimum absolute atomic E-state index is 0.0951. The molecular formula is C13H24N4O2S. The quantitative estimate of drug-likeness (QED) is 0.916. The second kappa shape index (κ2) is 5.73. The van der Waals surface area contributed by atoms with Crippen molar-refractivity contribution in [2.45, 2.75) is 56.9 Å². The lowest BCUT2D eigenvalue weighted by Crippen LogP contribution is -2.43. The van der Waals surface area contributed by atoms with Crippen molar-refractivity contribution in [3.63, 3.8) is 0 Å². The molecule has 1 aliphatic heterocycles. The van der Waals surface area contributed by atoms with Gasteiger partial charge in [-0.05, 0) is 26.2 Å². The summed E-state index contributed by atoms with van der Waals surface area (Å²) in [6, 6.07) is 0.0951. The van der Waals surface area contributed by atoms with E-state index in [0.717, 1.165) is 32.1 Å². The highest BCUT2D eigenvalue weighted by molar-refractivity contribution is 7.89. The molecule has 1 atom stereocenters. The van der Waals surface area contributed by atoms with Gasteiger partial charge in [0.2, 0.25) is 10.0 Å². The second-order valence-corrected chi connectivity index (χ2v) is 7.30. The van der Waals surface area contributed by atoms with Gasteiger partial charge in [0, 0.05) is 19.6 Å². The van der Waals surface area contributed by atoms with Gasteiger partial charge in [0.05, 0.1) is 5.69 Å². The molecule has 0 bridgehead atoms. The summed E-state index contributed by atoms with van der Waals surface area (Å²) in [5.41, 5.74) is 6.42. The van der Waals surface area contributed by atoms with E-state index in [4.69, 9.17) is 5.73 Å². The molecule has 0 spiro atoms. The molecule has 20 heavy (non-hydrogen) atoms. The van der Waals surface area contributed by atoms with E-state index in [9.17, 15) is 8.42 Å². The van der Waals surface area contributed by atoms with Crippen LogP contribution in [0.2, 0.25) is 0 Å². The van der Waals surface area contributed by atoms with Gasteiger partial charge in [-0.3, -0.25) is 4.68 Å². The van der Waals surface area contributed by atoms with Crippen LogP contribution in [0.3, 0.4) is 0 Å². The largest absolute Gasteiger partial charge is 0.381 e. The standard InChI is InChI=1S/C13H24N4O2S/c1-4-7-11-8-5-6-9-17(11)20(18,19)12-10(2)16(3)15-13(12)14/h11H,4-9H2,1-3H3,(H2,14,15). The van der Waals surface area contributed by atoms with Crippen LogP contribution in [0.5, 0.6) is 0 Å². The Morgan fingerprint density at radius 3 is 2.65 bits per heavy atom. The number of rotatable bonds is 4. The number of nitrogens with zero attached hydrogens (tertiary/aromatic N) is 3. The molecule has 7 heteroatoms. The SMILES string of the molecule is CCCC1CCCCN1S(=O)(=O)c1c(N)nn(C)c1C. The first-order chi connectivity index (χ1) is 9.39. The van der Waals surface area contributed by atoms with Gasteiger partial charge in [-0.15, -0.1) is 0 Å². The van der Waals surface area contributed by atoms with Crippen LogP contribution in [0.4, 0.5) is 5.82 Å². The average molecular weight is 300 g/mol. The lowest BCUT2D eigenvalue weighted by molar-refractivity contribution is 0.239. The number of hydrogen-bond acceptors (Lipinski definition) is 4. The molecule has 1 saturated heterocycles. The molecule has 1 unspecified atom stereocenters. The van der Waals surface area contributed by atoms with Crippen molar-refractivity contribution in [1.82, 2.24) is 14.1 Å². The Labute approximate surface area is 121 Å². The third-order valence-electron chi connectivity index (χ3n) is 4.07. The molecule has 1 fully saturated rings. The Kier molecular flexibility index (Phi) is 4.39. The van der Waals surface area contributed by atoms with Crippen LogP contribution in [-0.2, 0) is 17.1 Å². The minimum Gasteiger partial charge on any atom is -0.381 e. The van der Waals surface area contributed by atoms with E-state index in [1.54, 1.807) is 18.3 Å². The number of nitrogen functional groups attached to an aromatic ring is 1. The minimum atomic E-state index is -3.55. The summed E-state index contributed by atoms with van der Waals surface area (Å²) in [7, 11) is -1.84. The van der Waals surface area contributed by atoms with Crippen LogP contribution in [0.1, 0.15) is 44.7 Å². The van der Waals surface area contributed by atoms with Crippen molar-refractivity contribution in [2.75, 3.05) is 12.3 Å². The van der Waals surface area contributed by atoms with E-state index in [0.29, 0.717) is 12.2 Å². The first-order valence-electron chi connectivity index (χ1n) is 7.20. The molecule has 0 amide bonds. The fourth-order valence-corrected chi connectivity index (χ4v) is 4.98. The van der Waals surface area contributed by atoms with E-state index in [1.807, 2.05) is 0 Å². The summed E-state index contributed by atoms with van der Waals surface area (Å²) in [5.74, 6) is 0.103. The molecule has 0 aromatic carbocycles. The molecule has 2 rings (SSSR count). The monoisotopic (exact) mass is 300 g/mol. The Balaban J connectivity index is 2.42. The maximum atomic E-state index is 12.9. The smallest absolute Gasteiger partial charge is 0.248 e. The van der Waals surface area contributed by atoms with E-state index >= 15 is 0 Å². The number of aromatic nitrogens is 2. The maximum absolute atomic E-state index is 12.9. The number of anilines is 1. The summed E-state index contributed by atoms with van der Waals surface area (Å²) in [6.07, 6.45) is 4.83. The van der Waals surface area contributed by atoms with Crippen molar-refractivity contribution in [2.24, 2.45) is 7.05 Å². The zero-order chi connectivity index (χ0) is 14.9. The van der Waals surface area contributed by atoms with Gasteiger partial charge in [0.1, 0.15) is 4.90 Å². The molecule has 114 valence electrons. The molecule has 1 aromatic heterocycles. The number of aryl methyl sites for hydroxylation is 1. The van der Waals surface area contributed by atoms with Crippen molar-refractivity contribution in [1.29, 1.82) is 0 Å². The number of hydrogen-bond donors (Lipinski definition) is 1. The highest BCUT2D eigenvalue weighted by Gasteiger charge is 2.36. The van der Waals surface area contributed by atoms with Crippen LogP contribution in [0.25, 0.3) is 0 Å². The Hall–Kier alpha value is -1.08. The highest BCUT2D eigenvalue weighted by atomic mass is 32.2. The Morgan fingerprint density at radius 2 is 2.10 bits per heavy atom. The van der Waals surface area contributed by atoms with Crippen LogP contribution >= 0.6 is 0 Å².